The Morgan fingerprint density at radius 2 is 2.14 bits per heavy atom. The minimum Gasteiger partial charge on any atom is -0.459 e. The summed E-state index contributed by atoms with van der Waals surface area (Å²) >= 11 is 0. The summed E-state index contributed by atoms with van der Waals surface area (Å²) in [7, 11) is 0. The van der Waals surface area contributed by atoms with Gasteiger partial charge >= 0.3 is 5.97 Å². The van der Waals surface area contributed by atoms with Crippen LogP contribution in [0.15, 0.2) is 28.9 Å². The van der Waals surface area contributed by atoms with E-state index in [2.05, 4.69) is 15.1 Å². The third-order valence-electron chi connectivity index (χ3n) is 3.02. The normalized spacial score (nSPS) is 11.4. The van der Waals surface area contributed by atoms with E-state index < -0.39 is 0 Å². The molecule has 0 unspecified atom stereocenters. The van der Waals surface area contributed by atoms with Crippen LogP contribution in [0.5, 0.6) is 0 Å². The lowest BCUT2D eigenvalue weighted by molar-refractivity contribution is -0.145. The molecule has 0 spiro atoms. The number of aryl methyl sites for hydroxylation is 1. The fourth-order valence-corrected chi connectivity index (χ4v) is 1.76. The zero-order valence-corrected chi connectivity index (χ0v) is 13.2. The van der Waals surface area contributed by atoms with Gasteiger partial charge in [0.25, 0.3) is 0 Å². The molecule has 0 saturated carbocycles. The van der Waals surface area contributed by atoms with Crippen molar-refractivity contribution in [2.24, 2.45) is 0 Å². The molecule has 2 rings (SSSR count). The number of pyridine rings is 1. The molecule has 2 heterocycles. The molecule has 2 aromatic rings. The van der Waals surface area contributed by atoms with Crippen LogP contribution in [0.1, 0.15) is 51.0 Å². The summed E-state index contributed by atoms with van der Waals surface area (Å²) < 4.78 is 10.3. The van der Waals surface area contributed by atoms with Gasteiger partial charge in [0, 0.05) is 24.5 Å². The van der Waals surface area contributed by atoms with Crippen LogP contribution in [-0.2, 0) is 28.0 Å². The van der Waals surface area contributed by atoms with Gasteiger partial charge in [-0.2, -0.15) is 4.98 Å². The largest absolute Gasteiger partial charge is 0.459 e. The molecule has 0 saturated heterocycles. The quantitative estimate of drug-likeness (QED) is 0.764. The molecule has 22 heavy (non-hydrogen) atoms. The number of nitrogens with zero attached hydrogens (tertiary/aromatic N) is 3. The average Bonchev–Trinajstić information content (AvgIpc) is 2.95. The molecule has 0 N–H and O–H groups in total. The Morgan fingerprint density at radius 1 is 1.32 bits per heavy atom. The highest BCUT2D eigenvalue weighted by Gasteiger charge is 2.20. The van der Waals surface area contributed by atoms with Gasteiger partial charge in [-0.15, -0.1) is 0 Å². The predicted molar refractivity (Wildman–Crippen MR) is 80.0 cm³/mol. The highest BCUT2D eigenvalue weighted by atomic mass is 16.5. The Labute approximate surface area is 129 Å². The molecule has 0 aliphatic heterocycles. The molecule has 6 nitrogen and oxygen atoms in total. The minimum absolute atomic E-state index is 0.136. The number of aromatic nitrogens is 3. The highest BCUT2D eigenvalue weighted by Crippen LogP contribution is 2.18. The molecular formula is C16H21N3O3. The first-order valence-electron chi connectivity index (χ1n) is 7.34. The van der Waals surface area contributed by atoms with Crippen molar-refractivity contribution in [1.29, 1.82) is 0 Å². The predicted octanol–water partition coefficient (Wildman–Crippen LogP) is 2.83. The first-order valence-corrected chi connectivity index (χ1v) is 7.34. The van der Waals surface area contributed by atoms with Gasteiger partial charge in [0.05, 0.1) is 5.69 Å². The summed E-state index contributed by atoms with van der Waals surface area (Å²) in [6.07, 6.45) is 3.18. The van der Waals surface area contributed by atoms with Crippen molar-refractivity contribution in [3.8, 4) is 0 Å². The van der Waals surface area contributed by atoms with Gasteiger partial charge in [-0.25, -0.2) is 0 Å². The van der Waals surface area contributed by atoms with Crippen LogP contribution in [0.2, 0.25) is 0 Å². The number of ether oxygens (including phenoxy) is 1. The van der Waals surface area contributed by atoms with E-state index in [4.69, 9.17) is 9.26 Å². The second-order valence-corrected chi connectivity index (χ2v) is 6.10. The maximum atomic E-state index is 11.7. The molecule has 0 radical (unpaired) electrons. The molecule has 6 heteroatoms. The van der Waals surface area contributed by atoms with Gasteiger partial charge in [-0.1, -0.05) is 32.0 Å². The Bertz CT molecular complexity index is 603. The van der Waals surface area contributed by atoms with Crippen molar-refractivity contribution in [3.05, 3.63) is 41.8 Å². The highest BCUT2D eigenvalue weighted by molar-refractivity contribution is 5.69. The molecule has 0 atom stereocenters. The van der Waals surface area contributed by atoms with Crippen LogP contribution in [0.25, 0.3) is 0 Å². The third-order valence-corrected chi connectivity index (χ3v) is 3.02. The van der Waals surface area contributed by atoms with Crippen molar-refractivity contribution in [3.63, 3.8) is 0 Å². The second-order valence-electron chi connectivity index (χ2n) is 6.10. The van der Waals surface area contributed by atoms with Gasteiger partial charge in [-0.3, -0.25) is 9.78 Å². The van der Waals surface area contributed by atoms with Gasteiger partial charge in [0.2, 0.25) is 5.89 Å². The molecule has 0 amide bonds. The number of carbonyl (C=O) groups excluding carboxylic acids is 1. The van der Waals surface area contributed by atoms with Crippen LogP contribution >= 0.6 is 0 Å². The lowest BCUT2D eigenvalue weighted by Gasteiger charge is -2.10. The summed E-state index contributed by atoms with van der Waals surface area (Å²) in [5.41, 5.74) is 0.603. The van der Waals surface area contributed by atoms with Crippen molar-refractivity contribution >= 4 is 5.97 Å². The van der Waals surface area contributed by atoms with Crippen LogP contribution in [0.3, 0.4) is 0 Å². The van der Waals surface area contributed by atoms with Gasteiger partial charge in [0.15, 0.2) is 5.82 Å². The first kappa shape index (κ1) is 16.1. The van der Waals surface area contributed by atoms with Crippen LogP contribution in [0, 0.1) is 0 Å². The molecule has 118 valence electrons. The summed E-state index contributed by atoms with van der Waals surface area (Å²) in [6.45, 7) is 6.28. The van der Waals surface area contributed by atoms with Crippen LogP contribution in [0.4, 0.5) is 0 Å². The number of rotatable bonds is 6. The number of hydrogen-bond donors (Lipinski definition) is 0. The summed E-state index contributed by atoms with van der Waals surface area (Å²) in [6, 6.07) is 5.50. The van der Waals surface area contributed by atoms with Crippen molar-refractivity contribution in [2.45, 2.75) is 52.1 Å². The molecule has 0 bridgehead atoms. The maximum absolute atomic E-state index is 11.7. The lowest BCUT2D eigenvalue weighted by Crippen LogP contribution is -2.13. The van der Waals surface area contributed by atoms with Gasteiger partial charge < -0.3 is 9.26 Å². The SMILES string of the molecule is CC(C)(C)c1noc(CCCC(=O)OCc2ccccn2)n1. The molecule has 0 aliphatic carbocycles. The van der Waals surface area contributed by atoms with E-state index in [1.54, 1.807) is 6.20 Å². The Kier molecular flexibility index (Phi) is 5.25. The van der Waals surface area contributed by atoms with Gasteiger partial charge in [0.1, 0.15) is 6.61 Å². The molecule has 0 fully saturated rings. The summed E-state index contributed by atoms with van der Waals surface area (Å²) in [5, 5.41) is 3.95. The fourth-order valence-electron chi connectivity index (χ4n) is 1.76. The smallest absolute Gasteiger partial charge is 0.306 e. The molecule has 0 aromatic carbocycles. The van der Waals surface area contributed by atoms with Crippen LogP contribution in [-0.4, -0.2) is 21.1 Å². The topological polar surface area (TPSA) is 78.1 Å². The number of carbonyl (C=O) groups is 1. The standard InChI is InChI=1S/C16H21N3O3/c1-16(2,3)15-18-13(22-19-15)8-6-9-14(20)21-11-12-7-4-5-10-17-12/h4-5,7,10H,6,8-9,11H2,1-3H3. The van der Waals surface area contributed by atoms with E-state index in [1.807, 2.05) is 39.0 Å². The molecule has 0 aliphatic rings. The monoisotopic (exact) mass is 303 g/mol. The van der Waals surface area contributed by atoms with E-state index >= 15 is 0 Å². The van der Waals surface area contributed by atoms with Crippen LogP contribution < -0.4 is 0 Å². The second kappa shape index (κ2) is 7.15. The minimum atomic E-state index is -0.249. The maximum Gasteiger partial charge on any atom is 0.306 e. The summed E-state index contributed by atoms with van der Waals surface area (Å²) in [5.74, 6) is 0.990. The van der Waals surface area contributed by atoms with E-state index in [0.717, 1.165) is 5.69 Å². The number of hydrogen-bond acceptors (Lipinski definition) is 6. The van der Waals surface area contributed by atoms with Crippen molar-refractivity contribution < 1.29 is 14.1 Å². The zero-order valence-electron chi connectivity index (χ0n) is 13.2. The van der Waals surface area contributed by atoms with Crippen molar-refractivity contribution in [1.82, 2.24) is 15.1 Å². The lowest BCUT2D eigenvalue weighted by atomic mass is 9.96. The Hall–Kier alpha value is -2.24. The van der Waals surface area contributed by atoms with Gasteiger partial charge in [-0.05, 0) is 18.6 Å². The van der Waals surface area contributed by atoms with E-state index in [-0.39, 0.29) is 18.0 Å². The third kappa shape index (κ3) is 4.95. The molecular weight excluding hydrogens is 282 g/mol. The first-order chi connectivity index (χ1) is 10.4. The van der Waals surface area contributed by atoms with Crippen molar-refractivity contribution in [2.75, 3.05) is 0 Å². The Morgan fingerprint density at radius 3 is 2.77 bits per heavy atom. The van der Waals surface area contributed by atoms with E-state index in [0.29, 0.717) is 31.0 Å². The average molecular weight is 303 g/mol. The Balaban J connectivity index is 1.70. The summed E-state index contributed by atoms with van der Waals surface area (Å²) in [4.78, 5) is 20.1. The molecule has 2 aromatic heterocycles. The van der Waals surface area contributed by atoms with E-state index in [9.17, 15) is 4.79 Å². The fraction of sp³-hybridized carbons (Fsp3) is 0.500. The number of esters is 1. The zero-order chi connectivity index (χ0) is 16.0. The van der Waals surface area contributed by atoms with E-state index in [1.165, 1.54) is 0 Å².